The minimum absolute atomic E-state index is 0. The van der Waals surface area contributed by atoms with Gasteiger partial charge >= 0.3 is 63.5 Å². The molecule has 0 aromatic carbocycles. The largest absolute Gasteiger partial charge is 0.480 e. The summed E-state index contributed by atoms with van der Waals surface area (Å²) in [5.74, 6) is -3.40. The van der Waals surface area contributed by atoms with Gasteiger partial charge in [-0.15, -0.1) is 18.9 Å². The van der Waals surface area contributed by atoms with E-state index in [2.05, 4.69) is 37.4 Å². The van der Waals surface area contributed by atoms with Crippen LogP contribution < -0.4 is 16.4 Å². The van der Waals surface area contributed by atoms with Crippen LogP contribution in [-0.4, -0.2) is 171 Å². The van der Waals surface area contributed by atoms with Gasteiger partial charge in [0.2, 0.25) is 0 Å². The number of nitrogens with two attached hydrogens (primary N) is 1. The summed E-state index contributed by atoms with van der Waals surface area (Å²) in [6.45, 7) is 0.922. The average Bonchev–Trinajstić information content (AvgIpc) is 2.96. The van der Waals surface area contributed by atoms with Crippen molar-refractivity contribution in [1.29, 1.82) is 0 Å². The minimum atomic E-state index is -5.06. The van der Waals surface area contributed by atoms with E-state index in [1.165, 1.54) is 0 Å². The molecule has 0 rings (SSSR count). The molecule has 345 valence electrons. The van der Waals surface area contributed by atoms with E-state index < -0.39 is 120 Å². The van der Waals surface area contributed by atoms with E-state index in [9.17, 15) is 41.8 Å². The molecule has 3 radical (unpaired) electrons. The van der Waals surface area contributed by atoms with Gasteiger partial charge in [-0.2, -0.15) is 21.7 Å². The van der Waals surface area contributed by atoms with Gasteiger partial charge in [-0.25, -0.2) is 0 Å². The Bertz CT molecular complexity index is 1580. The molecule has 58 heavy (non-hydrogen) atoms. The Morgan fingerprint density at radius 1 is 0.655 bits per heavy atom. The van der Waals surface area contributed by atoms with Crippen LogP contribution in [-0.2, 0) is 102 Å². The van der Waals surface area contributed by atoms with E-state index >= 15 is 0 Å². The molecule has 0 amide bonds. The summed E-state index contributed by atoms with van der Waals surface area (Å²) in [7, 11) is -24.5. The van der Waals surface area contributed by atoms with Gasteiger partial charge in [-0.05, 0) is 12.5 Å². The van der Waals surface area contributed by atoms with Crippen LogP contribution in [0.2, 0.25) is 0 Å². The molecule has 0 bridgehead atoms. The summed E-state index contributed by atoms with van der Waals surface area (Å²) in [4.78, 5) is 134. The first kappa shape index (κ1) is 71.1. The first-order valence-electron chi connectivity index (χ1n) is 13.5. The third kappa shape index (κ3) is 38.0. The Hall–Kier alpha value is 1.50. The van der Waals surface area contributed by atoms with Crippen molar-refractivity contribution in [3.05, 3.63) is 11.6 Å². The Labute approximate surface area is 366 Å². The number of aliphatic carboxylic acids is 3. The van der Waals surface area contributed by atoms with E-state index in [1.54, 1.807) is 12.5 Å². The van der Waals surface area contributed by atoms with Gasteiger partial charge in [0.05, 0.1) is 7.57 Å². The first-order chi connectivity index (χ1) is 25.0. The minimum Gasteiger partial charge on any atom is -0.480 e. The van der Waals surface area contributed by atoms with Crippen LogP contribution in [0.1, 0.15) is 0 Å². The quantitative estimate of drug-likeness (QED) is 0.0313. The van der Waals surface area contributed by atoms with Gasteiger partial charge in [-0.1, -0.05) is 29.0 Å². The summed E-state index contributed by atoms with van der Waals surface area (Å²) in [6, 6.07) is -3.25. The second-order valence-electron chi connectivity index (χ2n) is 10.0. The molecule has 0 spiro atoms. The van der Waals surface area contributed by atoms with Crippen LogP contribution in [0.5, 0.6) is 0 Å². The maximum Gasteiger partial charge on any atom is 0.363 e. The molecule has 6 unspecified atom stereocenters. The molecular weight excluding hydrogens is 1070 g/mol. The van der Waals surface area contributed by atoms with Crippen molar-refractivity contribution >= 4 is 134 Å². The molecule has 0 fully saturated rings. The van der Waals surface area contributed by atoms with Crippen LogP contribution in [0.3, 0.4) is 0 Å². The SMILES string of the molecule is C=C(P(=O)(O)O)P(=O)(O)O.CS(=S)CC(N)C(=O)O.CS(=S)CC(NCC(P(=O)(O)O)P(=O)(O)O)C(=O)O.O=C(O)C(CS)NCC(P(=O)(O)O)P(=O)(O)O.[B]P.[V]. The number of hydrogen-bond donors (Lipinski definition) is 19. The van der Waals surface area contributed by atoms with Crippen molar-refractivity contribution in [2.75, 3.05) is 42.9 Å². The fraction of sp³-hybridized carbons (Fsp3) is 0.706. The van der Waals surface area contributed by atoms with Crippen molar-refractivity contribution < 1.29 is 134 Å². The smallest absolute Gasteiger partial charge is 0.363 e. The van der Waals surface area contributed by atoms with Crippen LogP contribution in [0.25, 0.3) is 0 Å². The third-order valence-electron chi connectivity index (χ3n) is 5.23. The second-order valence-corrected chi connectivity index (χ2v) is 28.4. The molecule has 0 aliphatic rings. The van der Waals surface area contributed by atoms with Gasteiger partial charge < -0.3 is 90.4 Å². The molecule has 0 aromatic rings. The van der Waals surface area contributed by atoms with Crippen LogP contribution in [0.4, 0.5) is 0 Å². The van der Waals surface area contributed by atoms with Crippen LogP contribution in [0.15, 0.2) is 11.6 Å². The summed E-state index contributed by atoms with van der Waals surface area (Å²) >= 11 is 13.2. The maximum atomic E-state index is 11.0. The van der Waals surface area contributed by atoms with E-state index in [-0.39, 0.29) is 39.5 Å². The standard InChI is InChI=1S/C6H15NO8P2S2.C5H13NO8P2S.C4H9NO2S2.C2H6O6P2.BH2P.V/c1-19(18)3-4(6(8)9)7-2-5(16(10,11)12)17(13,14)15;7-5(8)3(2-17)6-1-4(15(9,10)11)16(12,13)14;1-9(8)2-3(5)4(6)7;1-2(9(3,4)5)10(6,7)8;1-2;/h4-5,7H,2-3H2,1H3,(H,8,9)(H2,10,11,12)(H2,13,14,15);3-4,6,17H,1-2H2,(H,7,8)(H2,9,10,11)(H2,12,13,14);3H,2,5H2,1H3,(H,6,7);1H2,(H2,3,4,5)(H2,6,7,8);2H2;. The van der Waals surface area contributed by atoms with Crippen LogP contribution in [0, 0.1) is 0 Å². The fourth-order valence-corrected chi connectivity index (χ4v) is 10.9. The van der Waals surface area contributed by atoms with Gasteiger partial charge in [0.25, 0.3) is 0 Å². The summed E-state index contributed by atoms with van der Waals surface area (Å²) < 4.78 is 63.8. The summed E-state index contributed by atoms with van der Waals surface area (Å²) in [6.07, 6.45) is 3.38. The average molecular weight is 1110 g/mol. The van der Waals surface area contributed by atoms with Crippen molar-refractivity contribution in [1.82, 2.24) is 10.6 Å². The third-order valence-corrected chi connectivity index (χ3v) is 18.4. The Balaban J connectivity index is -0.000000159. The maximum absolute atomic E-state index is 11.0. The Kier molecular flexibility index (Phi) is 39.5. The molecule has 0 aliphatic heterocycles. The van der Waals surface area contributed by atoms with Crippen molar-refractivity contribution in [2.24, 2.45) is 5.73 Å². The second kappa shape index (κ2) is 32.2. The van der Waals surface area contributed by atoms with Crippen molar-refractivity contribution in [3.8, 4) is 0 Å². The molecule has 27 nitrogen and oxygen atoms in total. The van der Waals surface area contributed by atoms with E-state index in [1.807, 2.05) is 9.12 Å². The number of thiol groups is 1. The summed E-state index contributed by atoms with van der Waals surface area (Å²) in [5.41, 5.74) is 5.16. The van der Waals surface area contributed by atoms with E-state index in [0.717, 1.165) is 0 Å². The van der Waals surface area contributed by atoms with Crippen LogP contribution >= 0.6 is 67.3 Å². The van der Waals surface area contributed by atoms with E-state index in [4.69, 9.17) is 102 Å². The zero-order chi connectivity index (χ0) is 47.3. The molecule has 19 N–H and O–H groups in total. The monoisotopic (exact) mass is 1110 g/mol. The Morgan fingerprint density at radius 3 is 1.05 bits per heavy atom. The predicted octanol–water partition coefficient (Wildman–Crippen LogP) is -4.07. The van der Waals surface area contributed by atoms with Gasteiger partial charge in [0, 0.05) is 48.9 Å². The summed E-state index contributed by atoms with van der Waals surface area (Å²) in [5, 5.41) is 24.2. The zero-order valence-electron chi connectivity index (χ0n) is 29.5. The molecule has 0 aliphatic carbocycles. The number of nitrogens with one attached hydrogen (secondary N) is 2. The zero-order valence-corrected chi connectivity index (χ0v) is 41.5. The molecule has 41 heteroatoms. The van der Waals surface area contributed by atoms with Gasteiger partial charge in [-0.3, -0.25) is 41.8 Å². The number of hydrogen-bond acceptors (Lipinski definition) is 15. The van der Waals surface area contributed by atoms with Gasteiger partial charge in [0.1, 0.15) is 23.2 Å². The number of rotatable bonds is 20. The van der Waals surface area contributed by atoms with Crippen molar-refractivity contribution in [2.45, 2.75) is 28.9 Å². The molecule has 0 saturated carbocycles. The van der Waals surface area contributed by atoms with E-state index in [0.29, 0.717) is 5.75 Å². The normalized spacial score (nSPS) is 14.7. The molecule has 0 aromatic heterocycles. The molecule has 0 saturated heterocycles. The van der Waals surface area contributed by atoms with Gasteiger partial charge in [0.15, 0.2) is 10.8 Å². The molecule has 0 heterocycles. The first-order valence-corrected chi connectivity index (χ1v) is 30.2. The number of carbonyl (C=O) groups is 3. The topological polar surface area (TPSA) is 507 Å². The number of carboxylic acid groups (broad SMARTS) is 3. The molecule has 6 atom stereocenters. The Morgan fingerprint density at radius 2 is 0.914 bits per heavy atom. The predicted molar refractivity (Wildman–Crippen MR) is 224 cm³/mol. The van der Waals surface area contributed by atoms with Crippen molar-refractivity contribution in [3.63, 3.8) is 0 Å². The number of carboxylic acids is 3. The molecular formula is C17H45BN3O24P7S5V. The fourth-order valence-electron chi connectivity index (χ4n) is 2.54.